The summed E-state index contributed by atoms with van der Waals surface area (Å²) in [5.41, 5.74) is 4.58. The second-order valence-electron chi connectivity index (χ2n) is 8.85. The Morgan fingerprint density at radius 2 is 1.48 bits per heavy atom. The molecule has 0 aliphatic carbocycles. The molecule has 5 nitrogen and oxygen atoms in total. The molecule has 0 aromatic heterocycles. The molecule has 1 saturated heterocycles. The van der Waals surface area contributed by atoms with Gasteiger partial charge in [0.1, 0.15) is 13.2 Å². The lowest BCUT2D eigenvalue weighted by Crippen LogP contribution is -2.54. The Morgan fingerprint density at radius 1 is 0.871 bits per heavy atom. The molecule has 1 heterocycles. The number of rotatable bonds is 7. The van der Waals surface area contributed by atoms with Crippen molar-refractivity contribution in [1.29, 1.82) is 0 Å². The Kier molecular flexibility index (Phi) is 7.85. The van der Waals surface area contributed by atoms with Crippen molar-refractivity contribution in [3.8, 4) is 0 Å². The number of carbonyl (C=O) groups is 2. The Morgan fingerprint density at radius 3 is 2.13 bits per heavy atom. The first-order valence-electron chi connectivity index (χ1n) is 11.3. The first-order valence-corrected chi connectivity index (χ1v) is 11.3. The van der Waals surface area contributed by atoms with Crippen LogP contribution in [0.5, 0.6) is 0 Å². The third-order valence-corrected chi connectivity index (χ3v) is 6.40. The second kappa shape index (κ2) is 10.6. The summed E-state index contributed by atoms with van der Waals surface area (Å²) < 4.78 is 6.31. The largest absolute Gasteiger partial charge is 0.456 e. The highest BCUT2D eigenvalue weighted by Gasteiger charge is 2.32. The number of hydrogen-bond donors (Lipinski definition) is 1. The minimum Gasteiger partial charge on any atom is -0.456 e. The number of aryl methyl sites for hydroxylation is 3. The molecule has 31 heavy (non-hydrogen) atoms. The molecule has 1 fully saturated rings. The van der Waals surface area contributed by atoms with Gasteiger partial charge in [0, 0.05) is 5.69 Å². The maximum absolute atomic E-state index is 13.0. The molecule has 1 N–H and O–H groups in total. The Hall–Kier alpha value is -2.66. The number of hydrogen-bond acceptors (Lipinski definition) is 3. The summed E-state index contributed by atoms with van der Waals surface area (Å²) in [7, 11) is 0. The summed E-state index contributed by atoms with van der Waals surface area (Å²) in [6.45, 7) is 9.24. The smallest absolute Gasteiger partial charge is 0.338 e. The summed E-state index contributed by atoms with van der Waals surface area (Å²) in [4.78, 5) is 25.5. The molecule has 3 rings (SSSR count). The molecule has 0 radical (unpaired) electrons. The first kappa shape index (κ1) is 23.0. The van der Waals surface area contributed by atoms with E-state index in [1.54, 1.807) is 6.07 Å². The van der Waals surface area contributed by atoms with Crippen LogP contribution in [0, 0.1) is 20.8 Å². The normalized spacial score (nSPS) is 15.7. The number of esters is 1. The van der Waals surface area contributed by atoms with E-state index in [0.29, 0.717) is 29.7 Å². The summed E-state index contributed by atoms with van der Waals surface area (Å²) in [6, 6.07) is 13.5. The molecule has 0 atom stereocenters. The number of benzene rings is 2. The van der Waals surface area contributed by atoms with Crippen molar-refractivity contribution in [3.63, 3.8) is 0 Å². The van der Waals surface area contributed by atoms with Gasteiger partial charge in [0.2, 0.25) is 0 Å². The highest BCUT2D eigenvalue weighted by Crippen LogP contribution is 2.22. The van der Waals surface area contributed by atoms with Crippen LogP contribution in [0.2, 0.25) is 0 Å². The summed E-state index contributed by atoms with van der Waals surface area (Å²) in [5, 5.41) is 3.14. The highest BCUT2D eigenvalue weighted by molar-refractivity contribution is 5.93. The van der Waals surface area contributed by atoms with Gasteiger partial charge < -0.3 is 14.5 Å². The van der Waals surface area contributed by atoms with Crippen LogP contribution in [0.4, 0.5) is 5.69 Å². The number of para-hydroxylation sites is 1. The maximum atomic E-state index is 13.0. The lowest BCUT2D eigenvalue weighted by atomic mass is 10.1. The van der Waals surface area contributed by atoms with Gasteiger partial charge in [0.25, 0.3) is 5.91 Å². The van der Waals surface area contributed by atoms with Gasteiger partial charge in [-0.1, -0.05) is 36.4 Å². The maximum Gasteiger partial charge on any atom is 0.338 e. The van der Waals surface area contributed by atoms with Crippen LogP contribution >= 0.6 is 0 Å². The van der Waals surface area contributed by atoms with Crippen molar-refractivity contribution in [3.05, 3.63) is 64.7 Å². The molecule has 5 heteroatoms. The fourth-order valence-electron chi connectivity index (χ4n) is 4.53. The molecule has 1 amide bonds. The van der Waals surface area contributed by atoms with E-state index in [2.05, 4.69) is 5.32 Å². The lowest BCUT2D eigenvalue weighted by molar-refractivity contribution is -0.920. The van der Waals surface area contributed by atoms with Gasteiger partial charge in [-0.15, -0.1) is 0 Å². The molecular weight excluding hydrogens is 388 g/mol. The summed E-state index contributed by atoms with van der Waals surface area (Å²) in [5.74, 6) is -0.254. The zero-order valence-corrected chi connectivity index (χ0v) is 19.1. The fourth-order valence-corrected chi connectivity index (χ4v) is 4.53. The van der Waals surface area contributed by atoms with Crippen molar-refractivity contribution >= 4 is 17.6 Å². The number of nitrogens with one attached hydrogen (secondary N) is 1. The van der Waals surface area contributed by atoms with Crippen LogP contribution in [0.3, 0.4) is 0 Å². The van der Waals surface area contributed by atoms with E-state index in [9.17, 15) is 9.59 Å². The van der Waals surface area contributed by atoms with E-state index >= 15 is 0 Å². The van der Waals surface area contributed by atoms with Gasteiger partial charge in [-0.05, 0) is 69.2 Å². The minimum atomic E-state index is -0.286. The third-order valence-electron chi connectivity index (χ3n) is 6.40. The molecule has 0 saturated carbocycles. The van der Waals surface area contributed by atoms with Crippen LogP contribution in [-0.4, -0.2) is 49.1 Å². The average Bonchev–Trinajstić information content (AvgIpc) is 2.97. The van der Waals surface area contributed by atoms with Crippen molar-refractivity contribution in [2.24, 2.45) is 0 Å². The molecule has 0 unspecified atom stereocenters. The van der Waals surface area contributed by atoms with Gasteiger partial charge in [0.05, 0.1) is 18.7 Å². The average molecular weight is 424 g/mol. The van der Waals surface area contributed by atoms with Gasteiger partial charge in [-0.2, -0.15) is 0 Å². The summed E-state index contributed by atoms with van der Waals surface area (Å²) >= 11 is 0. The lowest BCUT2D eigenvalue weighted by Gasteiger charge is -2.37. The Bertz CT molecular complexity index is 894. The Labute approximate surface area is 186 Å². The van der Waals surface area contributed by atoms with E-state index in [4.69, 9.17) is 4.74 Å². The predicted molar refractivity (Wildman–Crippen MR) is 124 cm³/mol. The topological polar surface area (TPSA) is 55.4 Å². The number of anilines is 1. The van der Waals surface area contributed by atoms with Gasteiger partial charge >= 0.3 is 5.97 Å². The number of likely N-dealkylation sites (tertiary alicyclic amines) is 1. The monoisotopic (exact) mass is 423 g/mol. The van der Waals surface area contributed by atoms with Crippen molar-refractivity contribution < 1.29 is 18.8 Å². The number of quaternary nitrogens is 1. The van der Waals surface area contributed by atoms with Gasteiger partial charge in [-0.3, -0.25) is 4.79 Å². The van der Waals surface area contributed by atoms with Crippen LogP contribution in [-0.2, 0) is 9.53 Å². The number of ether oxygens (including phenoxy) is 1. The van der Waals surface area contributed by atoms with E-state index in [1.165, 1.54) is 12.8 Å². The molecule has 166 valence electrons. The first-order chi connectivity index (χ1) is 14.9. The number of carbonyl (C=O) groups excluding carboxylic acids is 2. The van der Waals surface area contributed by atoms with Gasteiger partial charge in [0.15, 0.2) is 6.54 Å². The molecule has 1 aliphatic heterocycles. The summed E-state index contributed by atoms with van der Waals surface area (Å²) in [6.07, 6.45) is 4.59. The van der Waals surface area contributed by atoms with Crippen LogP contribution in [0.1, 0.15) is 52.7 Å². The van der Waals surface area contributed by atoms with Crippen molar-refractivity contribution in [1.82, 2.24) is 0 Å². The molecule has 0 spiro atoms. The van der Waals surface area contributed by atoms with E-state index in [1.807, 2.05) is 57.2 Å². The second-order valence-corrected chi connectivity index (χ2v) is 8.85. The number of amides is 1. The SMILES string of the molecule is Cc1ccccc1C(=O)OCC[N+]1(CC(=O)Nc2c(C)cccc2C)CCCCCC1. The molecule has 2 aromatic rings. The van der Waals surface area contributed by atoms with E-state index in [-0.39, 0.29) is 11.9 Å². The standard InChI is InChI=1S/C26H34N2O3/c1-20-11-6-7-14-23(20)26(30)31-18-17-28(15-8-4-5-9-16-28)19-24(29)27-25-21(2)12-10-13-22(25)3/h6-7,10-14H,4-5,8-9,15-19H2,1-3H3/p+1. The predicted octanol–water partition coefficient (Wildman–Crippen LogP) is 4.80. The molecular formula is C26H35N2O3+. The molecule has 2 aromatic carbocycles. The minimum absolute atomic E-state index is 0.0320. The zero-order chi connectivity index (χ0) is 22.3. The van der Waals surface area contributed by atoms with Crippen molar-refractivity contribution in [2.75, 3.05) is 38.1 Å². The van der Waals surface area contributed by atoms with Crippen molar-refractivity contribution in [2.45, 2.75) is 46.5 Å². The van der Waals surface area contributed by atoms with E-state index < -0.39 is 0 Å². The van der Waals surface area contributed by atoms with Crippen LogP contribution in [0.25, 0.3) is 0 Å². The third kappa shape index (κ3) is 6.17. The zero-order valence-electron chi connectivity index (χ0n) is 19.1. The van der Waals surface area contributed by atoms with Crippen LogP contribution < -0.4 is 5.32 Å². The molecule has 0 bridgehead atoms. The number of nitrogens with zero attached hydrogens (tertiary/aromatic N) is 1. The van der Waals surface area contributed by atoms with Gasteiger partial charge in [-0.25, -0.2) is 4.79 Å². The molecule has 1 aliphatic rings. The van der Waals surface area contributed by atoms with E-state index in [0.717, 1.165) is 48.3 Å². The quantitative estimate of drug-likeness (QED) is 0.514. The fraction of sp³-hybridized carbons (Fsp3) is 0.462. The highest BCUT2D eigenvalue weighted by atomic mass is 16.5. The Balaban J connectivity index is 1.65. The van der Waals surface area contributed by atoms with Crippen LogP contribution in [0.15, 0.2) is 42.5 Å².